The van der Waals surface area contributed by atoms with Gasteiger partial charge in [0.1, 0.15) is 5.82 Å². The van der Waals surface area contributed by atoms with Gasteiger partial charge in [0.15, 0.2) is 5.82 Å². The molecule has 112 valence electrons. The lowest BCUT2D eigenvalue weighted by Crippen LogP contribution is -2.08. The molecule has 1 aromatic heterocycles. The van der Waals surface area contributed by atoms with Crippen LogP contribution < -0.4 is 5.32 Å². The summed E-state index contributed by atoms with van der Waals surface area (Å²) in [5, 5.41) is 3.41. The van der Waals surface area contributed by atoms with Crippen molar-refractivity contribution in [3.63, 3.8) is 0 Å². The zero-order valence-electron chi connectivity index (χ0n) is 12.6. The van der Waals surface area contributed by atoms with Crippen LogP contribution in [0.15, 0.2) is 29.2 Å². The molecule has 0 radical (unpaired) electrons. The molecule has 0 saturated heterocycles. The second-order valence-electron chi connectivity index (χ2n) is 4.67. The molecule has 0 saturated carbocycles. The maximum Gasteiger partial charge on any atom is 0.161 e. The van der Waals surface area contributed by atoms with E-state index in [1.165, 1.54) is 4.90 Å². The lowest BCUT2D eigenvalue weighted by molar-refractivity contribution is 0.943. The summed E-state index contributed by atoms with van der Waals surface area (Å²) in [6, 6.07) is 8.42. The minimum atomic E-state index is 0.804. The summed E-state index contributed by atoms with van der Waals surface area (Å²) < 4.78 is 1.13. The molecule has 0 aliphatic heterocycles. The molecule has 0 unspecified atom stereocenters. The number of anilines is 1. The third kappa shape index (κ3) is 4.10. The van der Waals surface area contributed by atoms with E-state index in [4.69, 9.17) is 9.97 Å². The number of halogens is 1. The average Bonchev–Trinajstić information content (AvgIpc) is 2.54. The largest absolute Gasteiger partial charge is 0.369 e. The first kappa shape index (κ1) is 16.5. The summed E-state index contributed by atoms with van der Waals surface area (Å²) in [5.41, 5.74) is 2.17. The van der Waals surface area contributed by atoms with E-state index in [-0.39, 0.29) is 0 Å². The van der Waals surface area contributed by atoms with Gasteiger partial charge in [0.25, 0.3) is 0 Å². The zero-order chi connectivity index (χ0) is 15.2. The topological polar surface area (TPSA) is 37.8 Å². The van der Waals surface area contributed by atoms with Gasteiger partial charge < -0.3 is 5.32 Å². The average molecular weight is 413 g/mol. The Morgan fingerprint density at radius 1 is 1.14 bits per heavy atom. The van der Waals surface area contributed by atoms with Crippen molar-refractivity contribution >= 4 is 40.2 Å². The molecule has 1 aromatic carbocycles. The number of hydrogen-bond acceptors (Lipinski definition) is 4. The maximum absolute atomic E-state index is 4.72. The number of thioether (sulfide) groups is 1. The molecule has 0 amide bonds. The minimum absolute atomic E-state index is 0.804. The molecule has 0 spiro atoms. The SMILES string of the molecule is CCCNc1nc(-c2ccc(SC)cc2)nc(CC)c1I. The van der Waals surface area contributed by atoms with Gasteiger partial charge in [0.2, 0.25) is 0 Å². The Hall–Kier alpha value is -0.820. The summed E-state index contributed by atoms with van der Waals surface area (Å²) in [4.78, 5) is 10.7. The number of aryl methyl sites for hydroxylation is 1. The van der Waals surface area contributed by atoms with Crippen molar-refractivity contribution in [1.82, 2.24) is 9.97 Å². The summed E-state index contributed by atoms with van der Waals surface area (Å²) in [6.45, 7) is 5.22. The second-order valence-corrected chi connectivity index (χ2v) is 6.62. The van der Waals surface area contributed by atoms with E-state index in [9.17, 15) is 0 Å². The molecule has 21 heavy (non-hydrogen) atoms. The molecule has 0 atom stereocenters. The molecule has 0 aliphatic rings. The van der Waals surface area contributed by atoms with Gasteiger partial charge in [0, 0.05) is 17.0 Å². The molecule has 0 bridgehead atoms. The Morgan fingerprint density at radius 2 is 1.86 bits per heavy atom. The molecular weight excluding hydrogens is 393 g/mol. The zero-order valence-corrected chi connectivity index (χ0v) is 15.6. The van der Waals surface area contributed by atoms with Crippen LogP contribution in [-0.2, 0) is 6.42 Å². The highest BCUT2D eigenvalue weighted by Crippen LogP contribution is 2.26. The first-order valence-electron chi connectivity index (χ1n) is 7.14. The van der Waals surface area contributed by atoms with Crippen molar-refractivity contribution in [1.29, 1.82) is 0 Å². The molecule has 1 heterocycles. The van der Waals surface area contributed by atoms with Gasteiger partial charge in [-0.3, -0.25) is 0 Å². The molecule has 0 fully saturated rings. The number of nitrogens with zero attached hydrogens (tertiary/aromatic N) is 2. The van der Waals surface area contributed by atoms with Crippen LogP contribution in [0, 0.1) is 3.57 Å². The van der Waals surface area contributed by atoms with Crippen molar-refractivity contribution in [2.24, 2.45) is 0 Å². The van der Waals surface area contributed by atoms with Crippen molar-refractivity contribution in [2.75, 3.05) is 18.1 Å². The number of nitrogens with one attached hydrogen (secondary N) is 1. The molecule has 3 nitrogen and oxygen atoms in total. The van der Waals surface area contributed by atoms with Crippen LogP contribution in [-0.4, -0.2) is 22.8 Å². The van der Waals surface area contributed by atoms with Crippen LogP contribution in [0.1, 0.15) is 26.0 Å². The Morgan fingerprint density at radius 3 is 2.43 bits per heavy atom. The van der Waals surface area contributed by atoms with Crippen LogP contribution in [0.3, 0.4) is 0 Å². The van der Waals surface area contributed by atoms with Gasteiger partial charge in [-0.2, -0.15) is 0 Å². The van der Waals surface area contributed by atoms with E-state index in [1.807, 2.05) is 0 Å². The number of aromatic nitrogens is 2. The molecule has 2 aromatic rings. The standard InChI is InChI=1S/C16H20IN3S/c1-4-10-18-16-14(17)13(5-2)19-15(20-16)11-6-8-12(21-3)9-7-11/h6-9H,4-5,10H2,1-3H3,(H,18,19,20). The van der Waals surface area contributed by atoms with Crippen molar-refractivity contribution in [2.45, 2.75) is 31.6 Å². The first-order chi connectivity index (χ1) is 10.2. The van der Waals surface area contributed by atoms with E-state index in [2.05, 4.69) is 72.3 Å². The quantitative estimate of drug-likeness (QED) is 0.543. The van der Waals surface area contributed by atoms with Gasteiger partial charge in [-0.1, -0.05) is 26.0 Å². The van der Waals surface area contributed by atoms with Crippen LogP contribution in [0.2, 0.25) is 0 Å². The summed E-state index contributed by atoms with van der Waals surface area (Å²) >= 11 is 4.08. The third-order valence-corrected chi connectivity index (χ3v) is 5.02. The van der Waals surface area contributed by atoms with Crippen LogP contribution in [0.25, 0.3) is 11.4 Å². The maximum atomic E-state index is 4.72. The van der Waals surface area contributed by atoms with Gasteiger partial charge in [0.05, 0.1) is 9.26 Å². The fourth-order valence-corrected chi connectivity index (χ4v) is 3.18. The van der Waals surface area contributed by atoms with Crippen molar-refractivity contribution in [3.8, 4) is 11.4 Å². The molecule has 1 N–H and O–H groups in total. The highest BCUT2D eigenvalue weighted by Gasteiger charge is 2.12. The lowest BCUT2D eigenvalue weighted by Gasteiger charge is -2.12. The minimum Gasteiger partial charge on any atom is -0.369 e. The molecular formula is C16H20IN3S. The summed E-state index contributed by atoms with van der Waals surface area (Å²) in [5.74, 6) is 1.76. The van der Waals surface area contributed by atoms with E-state index in [1.54, 1.807) is 11.8 Å². The van der Waals surface area contributed by atoms with E-state index in [0.717, 1.165) is 45.9 Å². The van der Waals surface area contributed by atoms with Crippen molar-refractivity contribution < 1.29 is 0 Å². The Bertz CT molecular complexity index is 599. The second kappa shape index (κ2) is 7.98. The Balaban J connectivity index is 2.41. The van der Waals surface area contributed by atoms with Gasteiger partial charge in [-0.05, 0) is 53.8 Å². The Kier molecular flexibility index (Phi) is 6.29. The fourth-order valence-electron chi connectivity index (χ4n) is 1.96. The van der Waals surface area contributed by atoms with Gasteiger partial charge >= 0.3 is 0 Å². The number of hydrogen-bond donors (Lipinski definition) is 1. The first-order valence-corrected chi connectivity index (χ1v) is 9.44. The highest BCUT2D eigenvalue weighted by molar-refractivity contribution is 14.1. The summed E-state index contributed by atoms with van der Waals surface area (Å²) in [7, 11) is 0. The Labute approximate surface area is 144 Å². The van der Waals surface area contributed by atoms with Gasteiger partial charge in [-0.15, -0.1) is 11.8 Å². The van der Waals surface area contributed by atoms with E-state index in [0.29, 0.717) is 0 Å². The smallest absolute Gasteiger partial charge is 0.161 e. The van der Waals surface area contributed by atoms with E-state index >= 15 is 0 Å². The fraction of sp³-hybridized carbons (Fsp3) is 0.375. The van der Waals surface area contributed by atoms with Crippen LogP contribution in [0.4, 0.5) is 5.82 Å². The van der Waals surface area contributed by atoms with Crippen LogP contribution in [0.5, 0.6) is 0 Å². The molecule has 2 rings (SSSR count). The number of benzene rings is 1. The predicted molar refractivity (Wildman–Crippen MR) is 100 cm³/mol. The van der Waals surface area contributed by atoms with Crippen molar-refractivity contribution in [3.05, 3.63) is 33.5 Å². The van der Waals surface area contributed by atoms with Crippen LogP contribution >= 0.6 is 34.4 Å². The number of rotatable bonds is 6. The third-order valence-electron chi connectivity index (χ3n) is 3.15. The van der Waals surface area contributed by atoms with Gasteiger partial charge in [-0.25, -0.2) is 9.97 Å². The summed E-state index contributed by atoms with van der Waals surface area (Å²) in [6.07, 6.45) is 4.08. The monoisotopic (exact) mass is 413 g/mol. The predicted octanol–water partition coefficient (Wildman–Crippen LogP) is 4.85. The highest BCUT2D eigenvalue weighted by atomic mass is 127. The molecule has 0 aliphatic carbocycles. The molecule has 5 heteroatoms. The normalized spacial score (nSPS) is 10.7. The lowest BCUT2D eigenvalue weighted by atomic mass is 10.2. The van der Waals surface area contributed by atoms with E-state index < -0.39 is 0 Å².